The molecule has 2 N–H and O–H groups in total. The van der Waals surface area contributed by atoms with Gasteiger partial charge in [0.1, 0.15) is 5.60 Å². The molecule has 11 heavy (non-hydrogen) atoms. The molecule has 2 aliphatic heterocycles. The average molecular weight is 155 g/mol. The topological polar surface area (TPSA) is 52.3 Å². The SMILES string of the molecule is NC(=O)C12CCC(CC1)CO2. The second-order valence-electron chi connectivity index (χ2n) is 3.61. The first-order valence-corrected chi connectivity index (χ1v) is 4.17. The van der Waals surface area contributed by atoms with Gasteiger partial charge in [-0.05, 0) is 31.6 Å². The van der Waals surface area contributed by atoms with Gasteiger partial charge in [-0.2, -0.15) is 0 Å². The minimum atomic E-state index is -0.575. The van der Waals surface area contributed by atoms with Gasteiger partial charge < -0.3 is 10.5 Å². The minimum absolute atomic E-state index is 0.268. The maximum Gasteiger partial charge on any atom is 0.249 e. The molecule has 0 aromatic heterocycles. The predicted octanol–water partition coefficient (Wildman–Crippen LogP) is 0.431. The van der Waals surface area contributed by atoms with Gasteiger partial charge in [-0.25, -0.2) is 0 Å². The quantitative estimate of drug-likeness (QED) is 0.597. The van der Waals surface area contributed by atoms with Crippen LogP contribution in [0.15, 0.2) is 0 Å². The van der Waals surface area contributed by atoms with Crippen LogP contribution in [0.25, 0.3) is 0 Å². The molecular formula is C8H13NO2. The lowest BCUT2D eigenvalue weighted by Gasteiger charge is -2.43. The van der Waals surface area contributed by atoms with Crippen LogP contribution in [0.1, 0.15) is 25.7 Å². The van der Waals surface area contributed by atoms with E-state index in [0.717, 1.165) is 32.3 Å². The van der Waals surface area contributed by atoms with Crippen LogP contribution in [0.5, 0.6) is 0 Å². The van der Waals surface area contributed by atoms with Gasteiger partial charge in [0.15, 0.2) is 0 Å². The van der Waals surface area contributed by atoms with Crippen molar-refractivity contribution in [2.24, 2.45) is 11.7 Å². The minimum Gasteiger partial charge on any atom is -0.367 e. The number of nitrogens with two attached hydrogens (primary N) is 1. The van der Waals surface area contributed by atoms with E-state index >= 15 is 0 Å². The van der Waals surface area contributed by atoms with Crippen molar-refractivity contribution in [2.45, 2.75) is 31.3 Å². The molecule has 1 saturated carbocycles. The lowest BCUT2D eigenvalue weighted by molar-refractivity contribution is -0.170. The highest BCUT2D eigenvalue weighted by Crippen LogP contribution is 2.40. The van der Waals surface area contributed by atoms with E-state index in [1.54, 1.807) is 0 Å². The zero-order valence-corrected chi connectivity index (χ0v) is 6.51. The number of amides is 1. The fourth-order valence-corrected chi connectivity index (χ4v) is 2.05. The van der Waals surface area contributed by atoms with Gasteiger partial charge in [-0.3, -0.25) is 4.79 Å². The van der Waals surface area contributed by atoms with Gasteiger partial charge in [0, 0.05) is 0 Å². The average Bonchev–Trinajstić information content (AvgIpc) is 2.08. The maximum atomic E-state index is 11.0. The molecule has 1 aliphatic carbocycles. The summed E-state index contributed by atoms with van der Waals surface area (Å²) in [6, 6.07) is 0. The Morgan fingerprint density at radius 1 is 1.45 bits per heavy atom. The second kappa shape index (κ2) is 2.21. The van der Waals surface area contributed by atoms with Gasteiger partial charge in [0.25, 0.3) is 0 Å². The zero-order valence-electron chi connectivity index (χ0n) is 6.51. The zero-order chi connectivity index (χ0) is 7.90. The molecule has 3 nitrogen and oxygen atoms in total. The summed E-state index contributed by atoms with van der Waals surface area (Å²) in [7, 11) is 0. The highest BCUT2D eigenvalue weighted by atomic mass is 16.5. The Hall–Kier alpha value is -0.570. The van der Waals surface area contributed by atoms with E-state index in [9.17, 15) is 4.79 Å². The van der Waals surface area contributed by atoms with E-state index < -0.39 is 5.60 Å². The maximum absolute atomic E-state index is 11.0. The molecule has 0 spiro atoms. The summed E-state index contributed by atoms with van der Waals surface area (Å²) >= 11 is 0. The summed E-state index contributed by atoms with van der Waals surface area (Å²) in [5, 5.41) is 0. The van der Waals surface area contributed by atoms with Gasteiger partial charge >= 0.3 is 0 Å². The van der Waals surface area contributed by atoms with Gasteiger partial charge in [0.05, 0.1) is 6.61 Å². The third kappa shape index (κ3) is 0.948. The number of rotatable bonds is 1. The molecule has 1 amide bonds. The molecule has 0 aromatic rings. The van der Waals surface area contributed by atoms with E-state index in [2.05, 4.69) is 0 Å². The number of ether oxygens (including phenoxy) is 1. The number of carbonyl (C=O) groups excluding carboxylic acids is 1. The van der Waals surface area contributed by atoms with Crippen molar-refractivity contribution in [1.29, 1.82) is 0 Å². The Morgan fingerprint density at radius 2 is 2.09 bits per heavy atom. The number of primary amides is 1. The Balaban J connectivity index is 2.18. The first kappa shape index (κ1) is 7.10. The Morgan fingerprint density at radius 3 is 2.36 bits per heavy atom. The van der Waals surface area contributed by atoms with Gasteiger partial charge in [-0.15, -0.1) is 0 Å². The largest absolute Gasteiger partial charge is 0.367 e. The van der Waals surface area contributed by atoms with Crippen LogP contribution in [0.2, 0.25) is 0 Å². The summed E-state index contributed by atoms with van der Waals surface area (Å²) in [5.74, 6) is 0.423. The van der Waals surface area contributed by atoms with E-state index in [1.165, 1.54) is 0 Å². The molecule has 3 fully saturated rings. The first-order chi connectivity index (χ1) is 5.23. The Bertz CT molecular complexity index is 169. The molecule has 0 aromatic carbocycles. The molecule has 3 aliphatic rings. The van der Waals surface area contributed by atoms with Crippen LogP contribution in [-0.2, 0) is 9.53 Å². The fourth-order valence-electron chi connectivity index (χ4n) is 2.05. The van der Waals surface area contributed by atoms with Gasteiger partial charge in [0.2, 0.25) is 5.91 Å². The van der Waals surface area contributed by atoms with Crippen LogP contribution in [-0.4, -0.2) is 18.1 Å². The number of hydrogen-bond donors (Lipinski definition) is 1. The molecule has 62 valence electrons. The molecular weight excluding hydrogens is 142 g/mol. The summed E-state index contributed by atoms with van der Waals surface area (Å²) in [6.07, 6.45) is 3.91. The summed E-state index contributed by atoms with van der Waals surface area (Å²) < 4.78 is 5.45. The second-order valence-corrected chi connectivity index (χ2v) is 3.61. The van der Waals surface area contributed by atoms with E-state index in [1.807, 2.05) is 0 Å². The van der Waals surface area contributed by atoms with Crippen LogP contribution in [0.4, 0.5) is 0 Å². The van der Waals surface area contributed by atoms with Crippen LogP contribution >= 0.6 is 0 Å². The predicted molar refractivity (Wildman–Crippen MR) is 39.8 cm³/mol. The molecule has 3 heteroatoms. The molecule has 2 bridgehead atoms. The fraction of sp³-hybridized carbons (Fsp3) is 0.875. The van der Waals surface area contributed by atoms with Crippen molar-refractivity contribution in [3.05, 3.63) is 0 Å². The van der Waals surface area contributed by atoms with Crippen LogP contribution in [0.3, 0.4) is 0 Å². The number of carbonyl (C=O) groups is 1. The molecule has 0 radical (unpaired) electrons. The Labute approximate surface area is 65.9 Å². The molecule has 3 rings (SSSR count). The standard InChI is InChI=1S/C8H13NO2/c9-7(10)8-3-1-6(2-4-8)5-11-8/h6H,1-5H2,(H2,9,10). The summed E-state index contributed by atoms with van der Waals surface area (Å²) in [5.41, 5.74) is 4.70. The monoisotopic (exact) mass is 155 g/mol. The van der Waals surface area contributed by atoms with Crippen molar-refractivity contribution in [3.8, 4) is 0 Å². The third-order valence-electron chi connectivity index (χ3n) is 2.96. The molecule has 0 atom stereocenters. The molecule has 0 unspecified atom stereocenters. The normalized spacial score (nSPS) is 42.4. The highest BCUT2D eigenvalue weighted by molar-refractivity contribution is 5.83. The van der Waals surface area contributed by atoms with E-state index in [4.69, 9.17) is 10.5 Å². The van der Waals surface area contributed by atoms with Crippen molar-refractivity contribution < 1.29 is 9.53 Å². The van der Waals surface area contributed by atoms with Crippen molar-refractivity contribution in [3.63, 3.8) is 0 Å². The molecule has 2 heterocycles. The summed E-state index contributed by atoms with van der Waals surface area (Å²) in [4.78, 5) is 11.0. The van der Waals surface area contributed by atoms with E-state index in [0.29, 0.717) is 5.92 Å². The van der Waals surface area contributed by atoms with Crippen LogP contribution < -0.4 is 5.73 Å². The van der Waals surface area contributed by atoms with Crippen molar-refractivity contribution in [1.82, 2.24) is 0 Å². The smallest absolute Gasteiger partial charge is 0.249 e. The Kier molecular flexibility index (Phi) is 1.42. The van der Waals surface area contributed by atoms with Gasteiger partial charge in [-0.1, -0.05) is 0 Å². The lowest BCUT2D eigenvalue weighted by Crippen LogP contribution is -2.53. The molecule has 2 saturated heterocycles. The number of fused-ring (bicyclic) bond motifs is 3. The van der Waals surface area contributed by atoms with Crippen LogP contribution in [0, 0.1) is 5.92 Å². The third-order valence-corrected chi connectivity index (χ3v) is 2.96. The van der Waals surface area contributed by atoms with Crippen molar-refractivity contribution in [2.75, 3.05) is 6.61 Å². The number of hydrogen-bond acceptors (Lipinski definition) is 2. The summed E-state index contributed by atoms with van der Waals surface area (Å²) in [6.45, 7) is 0.739. The lowest BCUT2D eigenvalue weighted by atomic mass is 9.75. The van der Waals surface area contributed by atoms with Crippen molar-refractivity contribution >= 4 is 5.91 Å². The first-order valence-electron chi connectivity index (χ1n) is 4.17. The van der Waals surface area contributed by atoms with E-state index in [-0.39, 0.29) is 5.91 Å². The highest BCUT2D eigenvalue weighted by Gasteiger charge is 2.45.